The van der Waals surface area contributed by atoms with E-state index in [9.17, 15) is 13.6 Å². The van der Waals surface area contributed by atoms with Crippen LogP contribution in [0.5, 0.6) is 0 Å². The van der Waals surface area contributed by atoms with E-state index in [1.54, 1.807) is 6.07 Å². The summed E-state index contributed by atoms with van der Waals surface area (Å²) in [4.78, 5) is 14.0. The Morgan fingerprint density at radius 3 is 2.78 bits per heavy atom. The zero-order chi connectivity index (χ0) is 16.4. The lowest BCUT2D eigenvalue weighted by molar-refractivity contribution is -0.122. The monoisotopic (exact) mass is 322 g/mol. The van der Waals surface area contributed by atoms with Crippen molar-refractivity contribution in [3.05, 3.63) is 29.8 Å². The van der Waals surface area contributed by atoms with Crippen LogP contribution in [0.15, 0.2) is 18.2 Å². The zero-order valence-corrected chi connectivity index (χ0v) is 13.5. The summed E-state index contributed by atoms with van der Waals surface area (Å²) in [6.45, 7) is 4.39. The molecule has 0 bridgehead atoms. The average molecular weight is 322 g/mol. The fourth-order valence-electron chi connectivity index (χ4n) is 3.37. The highest BCUT2D eigenvalue weighted by molar-refractivity contribution is 5.76. The number of anilines is 1. The first-order valence-electron chi connectivity index (χ1n) is 8.49. The van der Waals surface area contributed by atoms with Gasteiger partial charge in [0.15, 0.2) is 11.6 Å². The smallest absolute Gasteiger partial charge is 0.220 e. The van der Waals surface area contributed by atoms with Gasteiger partial charge < -0.3 is 10.2 Å². The molecule has 1 aliphatic carbocycles. The molecule has 0 unspecified atom stereocenters. The fraction of sp³-hybridized carbons (Fsp3) is 0.611. The minimum absolute atomic E-state index is 0.135. The van der Waals surface area contributed by atoms with E-state index < -0.39 is 11.6 Å². The Morgan fingerprint density at radius 2 is 2.09 bits per heavy atom. The minimum atomic E-state index is -0.818. The van der Waals surface area contributed by atoms with Crippen LogP contribution in [0.4, 0.5) is 14.5 Å². The first kappa shape index (κ1) is 16.2. The van der Waals surface area contributed by atoms with Crippen molar-refractivity contribution in [1.82, 2.24) is 5.32 Å². The SMILES string of the molecule is C[C@@H](CC(=O)NC[C@H]1CCN(c2ccc(F)c(F)c2)C1)C1CC1. The van der Waals surface area contributed by atoms with Crippen molar-refractivity contribution in [1.29, 1.82) is 0 Å². The highest BCUT2D eigenvalue weighted by Gasteiger charge is 2.29. The largest absolute Gasteiger partial charge is 0.371 e. The van der Waals surface area contributed by atoms with Crippen LogP contribution in [-0.2, 0) is 4.79 Å². The van der Waals surface area contributed by atoms with E-state index in [-0.39, 0.29) is 5.91 Å². The van der Waals surface area contributed by atoms with Crippen molar-refractivity contribution in [3.8, 4) is 0 Å². The summed E-state index contributed by atoms with van der Waals surface area (Å²) in [5.74, 6) is 0.0993. The molecule has 0 spiro atoms. The fourth-order valence-corrected chi connectivity index (χ4v) is 3.37. The lowest BCUT2D eigenvalue weighted by atomic mass is 10.0. The average Bonchev–Trinajstić information content (AvgIpc) is 3.27. The Morgan fingerprint density at radius 1 is 1.30 bits per heavy atom. The van der Waals surface area contributed by atoms with E-state index in [1.807, 2.05) is 4.90 Å². The number of benzene rings is 1. The third-order valence-electron chi connectivity index (χ3n) is 5.08. The molecule has 5 heteroatoms. The predicted octanol–water partition coefficient (Wildman–Crippen LogP) is 3.34. The molecule has 0 aromatic heterocycles. The molecule has 1 N–H and O–H groups in total. The van der Waals surface area contributed by atoms with Crippen molar-refractivity contribution in [2.45, 2.75) is 32.6 Å². The molecule has 1 saturated carbocycles. The van der Waals surface area contributed by atoms with Crippen molar-refractivity contribution >= 4 is 11.6 Å². The number of halogens is 2. The van der Waals surface area contributed by atoms with Crippen LogP contribution >= 0.6 is 0 Å². The van der Waals surface area contributed by atoms with Crippen molar-refractivity contribution in [2.24, 2.45) is 17.8 Å². The Hall–Kier alpha value is -1.65. The predicted molar refractivity (Wildman–Crippen MR) is 86.2 cm³/mol. The molecule has 1 aromatic rings. The summed E-state index contributed by atoms with van der Waals surface area (Å²) in [7, 11) is 0. The Kier molecular flexibility index (Phi) is 4.83. The third-order valence-corrected chi connectivity index (χ3v) is 5.08. The molecule has 23 heavy (non-hydrogen) atoms. The highest BCUT2D eigenvalue weighted by atomic mass is 19.2. The van der Waals surface area contributed by atoms with Crippen LogP contribution in [0.25, 0.3) is 0 Å². The van der Waals surface area contributed by atoms with Gasteiger partial charge in [-0.25, -0.2) is 8.78 Å². The van der Waals surface area contributed by atoms with Crippen molar-refractivity contribution in [2.75, 3.05) is 24.5 Å². The van der Waals surface area contributed by atoms with Gasteiger partial charge in [-0.3, -0.25) is 4.79 Å². The second kappa shape index (κ2) is 6.85. The number of amides is 1. The van der Waals surface area contributed by atoms with Gasteiger partial charge in [0.1, 0.15) is 0 Å². The second-order valence-electron chi connectivity index (χ2n) is 7.02. The molecule has 3 nitrogen and oxygen atoms in total. The topological polar surface area (TPSA) is 32.3 Å². The zero-order valence-electron chi connectivity index (χ0n) is 13.5. The van der Waals surface area contributed by atoms with Crippen LogP contribution < -0.4 is 10.2 Å². The lowest BCUT2D eigenvalue weighted by Gasteiger charge is -2.19. The molecule has 1 heterocycles. The first-order chi connectivity index (χ1) is 11.0. The molecule has 1 aliphatic heterocycles. The normalized spacial score (nSPS) is 22.2. The Balaban J connectivity index is 1.44. The van der Waals surface area contributed by atoms with E-state index in [0.717, 1.165) is 25.4 Å². The Labute approximate surface area is 136 Å². The molecule has 3 rings (SSSR count). The van der Waals surface area contributed by atoms with Crippen LogP contribution in [0.3, 0.4) is 0 Å². The van der Waals surface area contributed by atoms with E-state index in [4.69, 9.17) is 0 Å². The van der Waals surface area contributed by atoms with Gasteiger partial charge in [0.25, 0.3) is 0 Å². The summed E-state index contributed by atoms with van der Waals surface area (Å²) in [6, 6.07) is 4.02. The summed E-state index contributed by atoms with van der Waals surface area (Å²) < 4.78 is 26.3. The molecule has 2 atom stereocenters. The molecule has 1 amide bonds. The van der Waals surface area contributed by atoms with Gasteiger partial charge in [-0.1, -0.05) is 6.92 Å². The van der Waals surface area contributed by atoms with Gasteiger partial charge in [-0.2, -0.15) is 0 Å². The van der Waals surface area contributed by atoms with Crippen LogP contribution in [0.1, 0.15) is 32.6 Å². The summed E-state index contributed by atoms with van der Waals surface area (Å²) >= 11 is 0. The molecule has 2 aliphatic rings. The van der Waals surface area contributed by atoms with Crippen LogP contribution in [0.2, 0.25) is 0 Å². The number of hydrogen-bond donors (Lipinski definition) is 1. The molecular weight excluding hydrogens is 298 g/mol. The summed E-state index contributed by atoms with van der Waals surface area (Å²) in [6.07, 6.45) is 4.10. The van der Waals surface area contributed by atoms with E-state index >= 15 is 0 Å². The highest BCUT2D eigenvalue weighted by Crippen LogP contribution is 2.38. The number of nitrogens with zero attached hydrogens (tertiary/aromatic N) is 1. The number of rotatable bonds is 6. The maximum atomic E-state index is 13.3. The standard InChI is InChI=1S/C18H24F2N2O/c1-12(14-2-3-14)8-18(23)21-10-13-6-7-22(11-13)15-4-5-16(19)17(20)9-15/h4-5,9,12-14H,2-3,6-8,10-11H2,1H3,(H,21,23)/t12-,13+/m0/s1. The molecule has 1 aromatic carbocycles. The minimum Gasteiger partial charge on any atom is -0.371 e. The van der Waals surface area contributed by atoms with Gasteiger partial charge in [-0.15, -0.1) is 0 Å². The van der Waals surface area contributed by atoms with Crippen molar-refractivity contribution in [3.63, 3.8) is 0 Å². The number of hydrogen-bond acceptors (Lipinski definition) is 2. The van der Waals surface area contributed by atoms with Gasteiger partial charge in [0.2, 0.25) is 5.91 Å². The first-order valence-corrected chi connectivity index (χ1v) is 8.49. The van der Waals surface area contributed by atoms with E-state index in [0.29, 0.717) is 30.5 Å². The van der Waals surface area contributed by atoms with Crippen LogP contribution in [0, 0.1) is 29.4 Å². The number of carbonyl (C=O) groups is 1. The van der Waals surface area contributed by atoms with Gasteiger partial charge in [-0.05, 0) is 49.1 Å². The maximum Gasteiger partial charge on any atom is 0.220 e. The summed E-state index contributed by atoms with van der Waals surface area (Å²) in [5.41, 5.74) is 0.708. The van der Waals surface area contributed by atoms with Gasteiger partial charge in [0, 0.05) is 37.8 Å². The Bertz CT molecular complexity index is 574. The molecule has 126 valence electrons. The second-order valence-corrected chi connectivity index (χ2v) is 7.02. The van der Waals surface area contributed by atoms with Gasteiger partial charge in [0.05, 0.1) is 0 Å². The number of nitrogens with one attached hydrogen (secondary N) is 1. The number of carbonyl (C=O) groups excluding carboxylic acids is 1. The quantitative estimate of drug-likeness (QED) is 0.871. The summed E-state index contributed by atoms with van der Waals surface area (Å²) in [5, 5.41) is 3.03. The van der Waals surface area contributed by atoms with Crippen molar-refractivity contribution < 1.29 is 13.6 Å². The molecule has 1 saturated heterocycles. The molecule has 2 fully saturated rings. The lowest BCUT2D eigenvalue weighted by Crippen LogP contribution is -2.32. The molecular formula is C18H24F2N2O. The molecule has 0 radical (unpaired) electrons. The van der Waals surface area contributed by atoms with E-state index in [2.05, 4.69) is 12.2 Å². The van der Waals surface area contributed by atoms with Crippen LogP contribution in [-0.4, -0.2) is 25.5 Å². The maximum absolute atomic E-state index is 13.3. The van der Waals surface area contributed by atoms with E-state index in [1.165, 1.54) is 25.0 Å². The third kappa shape index (κ3) is 4.21. The van der Waals surface area contributed by atoms with Gasteiger partial charge >= 0.3 is 0 Å².